The van der Waals surface area contributed by atoms with Gasteiger partial charge in [0.2, 0.25) is 5.91 Å². The summed E-state index contributed by atoms with van der Waals surface area (Å²) in [5.74, 6) is -0.410. The number of phenols is 1. The fraction of sp³-hybridized carbons (Fsp3) is 0.188. The molecule has 0 radical (unpaired) electrons. The number of carbonyl (C=O) groups is 1. The summed E-state index contributed by atoms with van der Waals surface area (Å²) in [5.41, 5.74) is 0.0888. The lowest BCUT2D eigenvalue weighted by molar-refractivity contribution is -0.113. The number of amides is 1. The van der Waals surface area contributed by atoms with Crippen LogP contribution < -0.4 is 5.32 Å². The number of thioether (sulfide) groups is 1. The van der Waals surface area contributed by atoms with E-state index in [-0.39, 0.29) is 33.7 Å². The minimum absolute atomic E-state index is 0.0510. The average Bonchev–Trinajstić information content (AvgIpc) is 2.56. The first-order valence-corrected chi connectivity index (χ1v) is 10.5. The van der Waals surface area contributed by atoms with Crippen LogP contribution in [0.5, 0.6) is 5.75 Å². The molecule has 0 unspecified atom stereocenters. The monoisotopic (exact) mass is 429 g/mol. The molecule has 0 aromatic heterocycles. The topological polar surface area (TPSA) is 83.5 Å². The molecule has 0 aliphatic heterocycles. The van der Waals surface area contributed by atoms with Gasteiger partial charge in [0, 0.05) is 9.37 Å². The molecule has 8 heteroatoms. The maximum atomic E-state index is 12.0. The number of anilines is 1. The third kappa shape index (κ3) is 4.99. The van der Waals surface area contributed by atoms with E-state index in [1.807, 2.05) is 24.3 Å². The molecule has 2 rings (SSSR count). The Kier molecular flexibility index (Phi) is 6.31. The molecule has 0 saturated heterocycles. The molecule has 0 aliphatic rings. The minimum atomic E-state index is -3.40. The summed E-state index contributed by atoms with van der Waals surface area (Å²) in [6.45, 7) is 1.54. The van der Waals surface area contributed by atoms with Crippen LogP contribution in [0.4, 0.5) is 5.69 Å². The molecule has 0 heterocycles. The predicted octanol–water partition coefficient (Wildman–Crippen LogP) is 3.68. The van der Waals surface area contributed by atoms with E-state index in [0.29, 0.717) is 0 Å². The van der Waals surface area contributed by atoms with Crippen molar-refractivity contribution in [3.63, 3.8) is 0 Å². The number of phenolic OH excluding ortho intramolecular Hbond substituents is 1. The molecular weight excluding hydrogens is 414 g/mol. The van der Waals surface area contributed by atoms with Crippen LogP contribution in [0.3, 0.4) is 0 Å². The van der Waals surface area contributed by atoms with Crippen molar-refractivity contribution >= 4 is 49.1 Å². The third-order valence-electron chi connectivity index (χ3n) is 3.16. The predicted molar refractivity (Wildman–Crippen MR) is 99.3 cm³/mol. The summed E-state index contributed by atoms with van der Waals surface area (Å²) in [6, 6.07) is 11.4. The fourth-order valence-electron chi connectivity index (χ4n) is 1.84. The standard InChI is InChI=1S/C16H16BrNO4S2/c1-2-24(21,22)13-7-8-15(19)14(9-13)18-16(20)10-23-12-5-3-11(17)4-6-12/h3-9,19H,2,10H2,1H3,(H,18,20). The summed E-state index contributed by atoms with van der Waals surface area (Å²) < 4.78 is 24.7. The minimum Gasteiger partial charge on any atom is -0.506 e. The van der Waals surface area contributed by atoms with E-state index >= 15 is 0 Å². The molecule has 0 atom stereocenters. The number of benzene rings is 2. The Bertz CT molecular complexity index is 836. The molecule has 1 amide bonds. The zero-order valence-electron chi connectivity index (χ0n) is 12.8. The van der Waals surface area contributed by atoms with Crippen molar-refractivity contribution in [2.75, 3.05) is 16.8 Å². The molecule has 0 bridgehead atoms. The molecule has 5 nitrogen and oxygen atoms in total. The Morgan fingerprint density at radius 2 is 1.88 bits per heavy atom. The lowest BCUT2D eigenvalue weighted by atomic mass is 10.3. The van der Waals surface area contributed by atoms with E-state index in [4.69, 9.17) is 0 Å². The van der Waals surface area contributed by atoms with Gasteiger partial charge in [-0.2, -0.15) is 0 Å². The van der Waals surface area contributed by atoms with Crippen LogP contribution in [0.15, 0.2) is 56.7 Å². The molecule has 0 saturated carbocycles. The quantitative estimate of drug-likeness (QED) is 0.540. The van der Waals surface area contributed by atoms with Crippen molar-refractivity contribution in [2.24, 2.45) is 0 Å². The van der Waals surface area contributed by atoms with Gasteiger partial charge in [-0.15, -0.1) is 11.8 Å². The van der Waals surface area contributed by atoms with Gasteiger partial charge < -0.3 is 10.4 Å². The SMILES string of the molecule is CCS(=O)(=O)c1ccc(O)c(NC(=O)CSc2ccc(Br)cc2)c1. The number of hydrogen-bond donors (Lipinski definition) is 2. The second-order valence-electron chi connectivity index (χ2n) is 4.87. The zero-order valence-corrected chi connectivity index (χ0v) is 16.0. The normalized spacial score (nSPS) is 11.2. The van der Waals surface area contributed by atoms with Crippen molar-refractivity contribution in [1.29, 1.82) is 0 Å². The molecule has 0 fully saturated rings. The number of rotatable bonds is 6. The highest BCUT2D eigenvalue weighted by Crippen LogP contribution is 2.27. The van der Waals surface area contributed by atoms with Gasteiger partial charge in [-0.1, -0.05) is 22.9 Å². The van der Waals surface area contributed by atoms with E-state index in [2.05, 4.69) is 21.2 Å². The van der Waals surface area contributed by atoms with Crippen LogP contribution >= 0.6 is 27.7 Å². The summed E-state index contributed by atoms with van der Waals surface area (Å²) in [4.78, 5) is 13.0. The molecular formula is C16H16BrNO4S2. The number of hydrogen-bond acceptors (Lipinski definition) is 5. The summed E-state index contributed by atoms with van der Waals surface area (Å²) in [5, 5.41) is 12.4. The molecule has 0 aliphatic carbocycles. The Labute approximate surface area is 153 Å². The highest BCUT2D eigenvalue weighted by Gasteiger charge is 2.15. The van der Waals surface area contributed by atoms with Gasteiger partial charge in [-0.05, 0) is 42.5 Å². The van der Waals surface area contributed by atoms with E-state index in [1.165, 1.54) is 36.9 Å². The van der Waals surface area contributed by atoms with Gasteiger partial charge >= 0.3 is 0 Å². The van der Waals surface area contributed by atoms with Crippen LogP contribution in [-0.4, -0.2) is 30.9 Å². The fourth-order valence-corrected chi connectivity index (χ4v) is 3.71. The van der Waals surface area contributed by atoms with Crippen LogP contribution in [0.2, 0.25) is 0 Å². The van der Waals surface area contributed by atoms with Gasteiger partial charge in [0.15, 0.2) is 9.84 Å². The maximum absolute atomic E-state index is 12.0. The number of sulfone groups is 1. The van der Waals surface area contributed by atoms with Crippen LogP contribution in [-0.2, 0) is 14.6 Å². The first-order chi connectivity index (χ1) is 11.3. The largest absolute Gasteiger partial charge is 0.506 e. The second kappa shape index (κ2) is 8.04. The highest BCUT2D eigenvalue weighted by atomic mass is 79.9. The van der Waals surface area contributed by atoms with Crippen molar-refractivity contribution in [1.82, 2.24) is 0 Å². The number of carbonyl (C=O) groups excluding carboxylic acids is 1. The van der Waals surface area contributed by atoms with Gasteiger partial charge in [0.05, 0.1) is 22.1 Å². The Morgan fingerprint density at radius 1 is 1.21 bits per heavy atom. The van der Waals surface area contributed by atoms with Crippen LogP contribution in [0, 0.1) is 0 Å². The van der Waals surface area contributed by atoms with Crippen molar-refractivity contribution in [2.45, 2.75) is 16.7 Å². The van der Waals surface area contributed by atoms with Crippen molar-refractivity contribution < 1.29 is 18.3 Å². The molecule has 2 N–H and O–H groups in total. The Balaban J connectivity index is 2.05. The first-order valence-electron chi connectivity index (χ1n) is 7.06. The van der Waals surface area contributed by atoms with Gasteiger partial charge in [-0.3, -0.25) is 4.79 Å². The first kappa shape index (κ1) is 18.8. The zero-order chi connectivity index (χ0) is 17.7. The lowest BCUT2D eigenvalue weighted by Gasteiger charge is -2.09. The summed E-state index contributed by atoms with van der Waals surface area (Å²) >= 11 is 4.68. The van der Waals surface area contributed by atoms with Gasteiger partial charge in [0.25, 0.3) is 0 Å². The second-order valence-corrected chi connectivity index (χ2v) is 9.12. The lowest BCUT2D eigenvalue weighted by Crippen LogP contribution is -2.14. The van der Waals surface area contributed by atoms with E-state index in [1.54, 1.807) is 0 Å². The third-order valence-corrected chi connectivity index (χ3v) is 6.44. The van der Waals surface area contributed by atoms with E-state index < -0.39 is 9.84 Å². The number of halogens is 1. The Hall–Kier alpha value is -1.51. The van der Waals surface area contributed by atoms with Gasteiger partial charge in [-0.25, -0.2) is 8.42 Å². The number of nitrogens with one attached hydrogen (secondary N) is 1. The maximum Gasteiger partial charge on any atom is 0.234 e. The van der Waals surface area contributed by atoms with Crippen LogP contribution in [0.1, 0.15) is 6.92 Å². The van der Waals surface area contributed by atoms with Gasteiger partial charge in [0.1, 0.15) is 5.75 Å². The highest BCUT2D eigenvalue weighted by molar-refractivity contribution is 9.10. The molecule has 0 spiro atoms. The van der Waals surface area contributed by atoms with Crippen LogP contribution in [0.25, 0.3) is 0 Å². The van der Waals surface area contributed by atoms with E-state index in [0.717, 1.165) is 9.37 Å². The molecule has 2 aromatic carbocycles. The van der Waals surface area contributed by atoms with Crippen molar-refractivity contribution in [3.05, 3.63) is 46.9 Å². The summed E-state index contributed by atoms with van der Waals surface area (Å²) in [6.07, 6.45) is 0. The summed E-state index contributed by atoms with van der Waals surface area (Å²) in [7, 11) is -3.40. The smallest absolute Gasteiger partial charge is 0.234 e. The Morgan fingerprint density at radius 3 is 2.50 bits per heavy atom. The van der Waals surface area contributed by atoms with E-state index in [9.17, 15) is 18.3 Å². The molecule has 2 aromatic rings. The molecule has 128 valence electrons. The number of aromatic hydroxyl groups is 1. The molecule has 24 heavy (non-hydrogen) atoms. The average molecular weight is 430 g/mol. The van der Waals surface area contributed by atoms with Crippen molar-refractivity contribution in [3.8, 4) is 5.75 Å².